The van der Waals surface area contributed by atoms with Crippen LogP contribution in [0.1, 0.15) is 39.7 Å². The minimum absolute atomic E-state index is 0.122. The van der Waals surface area contributed by atoms with Gasteiger partial charge in [0.1, 0.15) is 12.6 Å². The highest BCUT2D eigenvalue weighted by Crippen LogP contribution is 2.21. The number of halogens is 1. The maximum absolute atomic E-state index is 13.7. The molecular formula is C25H35ClN4O4S. The number of nitrogens with one attached hydrogen (secondary N) is 1. The fourth-order valence-corrected chi connectivity index (χ4v) is 4.65. The summed E-state index contributed by atoms with van der Waals surface area (Å²) in [5.41, 5.74) is 0.628. The standard InChI is InChI=1S/C25H35ClN4O4S/c1-7-22(24(32)27-25(2,3)4)29(17-19-13-15-20(26)16-14-19)23(31)18-30(35(33,34)28(5)6)21-11-9-8-10-12-21/h8-16,22H,7,17-18H2,1-6H3,(H,27,32). The van der Waals surface area contributed by atoms with E-state index in [0.29, 0.717) is 17.1 Å². The molecule has 0 aliphatic heterocycles. The van der Waals surface area contributed by atoms with Gasteiger partial charge in [-0.25, -0.2) is 4.31 Å². The highest BCUT2D eigenvalue weighted by atomic mass is 35.5. The van der Waals surface area contributed by atoms with E-state index in [0.717, 1.165) is 14.2 Å². The summed E-state index contributed by atoms with van der Waals surface area (Å²) in [5.74, 6) is -0.797. The van der Waals surface area contributed by atoms with E-state index >= 15 is 0 Å². The number of carbonyl (C=O) groups is 2. The lowest BCUT2D eigenvalue weighted by Crippen LogP contribution is -2.55. The minimum atomic E-state index is -3.98. The Morgan fingerprint density at radius 2 is 1.57 bits per heavy atom. The third-order valence-electron chi connectivity index (χ3n) is 5.21. The molecule has 35 heavy (non-hydrogen) atoms. The molecule has 1 N–H and O–H groups in total. The van der Waals surface area contributed by atoms with Crippen molar-refractivity contribution in [1.82, 2.24) is 14.5 Å². The number of hydrogen-bond acceptors (Lipinski definition) is 4. The monoisotopic (exact) mass is 522 g/mol. The van der Waals surface area contributed by atoms with Crippen LogP contribution < -0.4 is 9.62 Å². The van der Waals surface area contributed by atoms with Gasteiger partial charge in [0.2, 0.25) is 11.8 Å². The van der Waals surface area contributed by atoms with Gasteiger partial charge in [-0.1, -0.05) is 48.9 Å². The number of para-hydroxylation sites is 1. The highest BCUT2D eigenvalue weighted by molar-refractivity contribution is 7.90. The van der Waals surface area contributed by atoms with Crippen LogP contribution in [0.25, 0.3) is 0 Å². The first-order valence-electron chi connectivity index (χ1n) is 11.4. The van der Waals surface area contributed by atoms with Gasteiger partial charge in [-0.05, 0) is 57.0 Å². The lowest BCUT2D eigenvalue weighted by molar-refractivity contribution is -0.141. The summed E-state index contributed by atoms with van der Waals surface area (Å²) in [5, 5.41) is 3.49. The van der Waals surface area contributed by atoms with E-state index in [1.165, 1.54) is 19.0 Å². The number of hydrogen-bond donors (Lipinski definition) is 1. The maximum atomic E-state index is 13.7. The van der Waals surface area contributed by atoms with Crippen LogP contribution in [0.2, 0.25) is 5.02 Å². The predicted octanol–water partition coefficient (Wildman–Crippen LogP) is 3.67. The molecule has 1 unspecified atom stereocenters. The maximum Gasteiger partial charge on any atom is 0.304 e. The van der Waals surface area contributed by atoms with E-state index in [9.17, 15) is 18.0 Å². The molecule has 0 bridgehead atoms. The molecule has 0 heterocycles. The Bertz CT molecular complexity index is 1100. The molecule has 0 radical (unpaired) electrons. The van der Waals surface area contributed by atoms with E-state index in [2.05, 4.69) is 5.32 Å². The smallest absolute Gasteiger partial charge is 0.304 e. The van der Waals surface area contributed by atoms with Crippen molar-refractivity contribution in [2.24, 2.45) is 0 Å². The van der Waals surface area contributed by atoms with Gasteiger partial charge in [-0.3, -0.25) is 9.59 Å². The lowest BCUT2D eigenvalue weighted by atomic mass is 10.1. The molecule has 1 atom stereocenters. The molecular weight excluding hydrogens is 488 g/mol. The van der Waals surface area contributed by atoms with Crippen LogP contribution >= 0.6 is 11.6 Å². The van der Waals surface area contributed by atoms with Crippen molar-refractivity contribution in [2.45, 2.75) is 52.2 Å². The summed E-state index contributed by atoms with van der Waals surface area (Å²) >= 11 is 6.02. The SMILES string of the molecule is CCC(C(=O)NC(C)(C)C)N(Cc1ccc(Cl)cc1)C(=O)CN(c1ccccc1)S(=O)(=O)N(C)C. The van der Waals surface area contributed by atoms with Crippen molar-refractivity contribution < 1.29 is 18.0 Å². The Labute approximate surface area is 214 Å². The zero-order valence-corrected chi connectivity index (χ0v) is 22.7. The summed E-state index contributed by atoms with van der Waals surface area (Å²) in [6.45, 7) is 7.08. The van der Waals surface area contributed by atoms with Crippen LogP contribution in [-0.2, 0) is 26.3 Å². The van der Waals surface area contributed by atoms with Gasteiger partial charge < -0.3 is 10.2 Å². The molecule has 0 aromatic heterocycles. The molecule has 0 fully saturated rings. The van der Waals surface area contributed by atoms with Crippen molar-refractivity contribution in [1.29, 1.82) is 0 Å². The van der Waals surface area contributed by atoms with Crippen LogP contribution in [-0.4, -0.2) is 61.7 Å². The average molecular weight is 523 g/mol. The van der Waals surface area contributed by atoms with Crippen LogP contribution in [0.5, 0.6) is 0 Å². The quantitative estimate of drug-likeness (QED) is 0.515. The third-order valence-corrected chi connectivity index (χ3v) is 7.29. The van der Waals surface area contributed by atoms with E-state index in [4.69, 9.17) is 11.6 Å². The fourth-order valence-electron chi connectivity index (χ4n) is 3.47. The van der Waals surface area contributed by atoms with Crippen molar-refractivity contribution in [3.05, 3.63) is 65.2 Å². The second-order valence-electron chi connectivity index (χ2n) is 9.44. The average Bonchev–Trinajstić information content (AvgIpc) is 2.77. The molecule has 2 aromatic rings. The minimum Gasteiger partial charge on any atom is -0.350 e. The van der Waals surface area contributed by atoms with Gasteiger partial charge >= 0.3 is 10.2 Å². The van der Waals surface area contributed by atoms with Crippen molar-refractivity contribution >= 4 is 39.3 Å². The zero-order chi connectivity index (χ0) is 26.4. The summed E-state index contributed by atoms with van der Waals surface area (Å²) < 4.78 is 28.4. The van der Waals surface area contributed by atoms with Gasteiger partial charge in [0.05, 0.1) is 5.69 Å². The molecule has 0 saturated carbocycles. The van der Waals surface area contributed by atoms with Crippen LogP contribution in [0, 0.1) is 0 Å². The molecule has 2 rings (SSSR count). The normalized spacial score (nSPS) is 12.8. The van der Waals surface area contributed by atoms with Crippen molar-refractivity contribution in [2.75, 3.05) is 24.9 Å². The van der Waals surface area contributed by atoms with Gasteiger partial charge in [0.25, 0.3) is 0 Å². The molecule has 0 spiro atoms. The lowest BCUT2D eigenvalue weighted by Gasteiger charge is -2.35. The zero-order valence-electron chi connectivity index (χ0n) is 21.2. The first kappa shape index (κ1) is 28.6. The number of amides is 2. The summed E-state index contributed by atoms with van der Waals surface area (Å²) in [7, 11) is -1.16. The van der Waals surface area contributed by atoms with E-state index in [1.807, 2.05) is 27.7 Å². The molecule has 10 heteroatoms. The molecule has 2 aromatic carbocycles. The Morgan fingerprint density at radius 1 is 1.00 bits per heavy atom. The van der Waals surface area contributed by atoms with Gasteiger partial charge in [-0.15, -0.1) is 0 Å². The Morgan fingerprint density at radius 3 is 2.06 bits per heavy atom. The summed E-state index contributed by atoms with van der Waals surface area (Å²) in [6, 6.07) is 14.6. The van der Waals surface area contributed by atoms with Gasteiger partial charge in [0.15, 0.2) is 0 Å². The summed E-state index contributed by atoms with van der Waals surface area (Å²) in [6.07, 6.45) is 0.354. The number of nitrogens with zero attached hydrogens (tertiary/aromatic N) is 3. The number of benzene rings is 2. The third kappa shape index (κ3) is 7.95. The molecule has 0 aliphatic carbocycles. The van der Waals surface area contributed by atoms with E-state index < -0.39 is 34.2 Å². The van der Waals surface area contributed by atoms with Crippen LogP contribution in [0.3, 0.4) is 0 Å². The molecule has 0 aliphatic rings. The van der Waals surface area contributed by atoms with Crippen LogP contribution in [0.15, 0.2) is 54.6 Å². The second kappa shape index (κ2) is 11.9. The molecule has 192 valence electrons. The van der Waals surface area contributed by atoms with Crippen LogP contribution in [0.4, 0.5) is 5.69 Å². The van der Waals surface area contributed by atoms with Gasteiger partial charge in [0, 0.05) is 31.2 Å². The second-order valence-corrected chi connectivity index (χ2v) is 11.9. The molecule has 2 amide bonds. The van der Waals surface area contributed by atoms with E-state index in [1.54, 1.807) is 54.6 Å². The first-order valence-corrected chi connectivity index (χ1v) is 13.1. The Kier molecular flexibility index (Phi) is 9.71. The number of carbonyl (C=O) groups excluding carboxylic acids is 2. The van der Waals surface area contributed by atoms with Crippen molar-refractivity contribution in [3.63, 3.8) is 0 Å². The molecule has 8 nitrogen and oxygen atoms in total. The first-order chi connectivity index (χ1) is 16.3. The van der Waals surface area contributed by atoms with Crippen molar-refractivity contribution in [3.8, 4) is 0 Å². The Balaban J connectivity index is 2.48. The summed E-state index contributed by atoms with van der Waals surface area (Å²) in [4.78, 5) is 28.3. The predicted molar refractivity (Wildman–Crippen MR) is 140 cm³/mol. The number of anilines is 1. The Hall–Kier alpha value is -2.62. The topological polar surface area (TPSA) is 90.0 Å². The highest BCUT2D eigenvalue weighted by Gasteiger charge is 2.34. The largest absolute Gasteiger partial charge is 0.350 e. The van der Waals surface area contributed by atoms with Gasteiger partial charge in [-0.2, -0.15) is 12.7 Å². The fraction of sp³-hybridized carbons (Fsp3) is 0.440. The molecule has 0 saturated heterocycles. The van der Waals surface area contributed by atoms with E-state index in [-0.39, 0.29) is 12.5 Å². The number of rotatable bonds is 10.